The Balaban J connectivity index is 0.975. The van der Waals surface area contributed by atoms with Crippen LogP contribution in [0.15, 0.2) is 0 Å². The largest absolute Gasteiger partial charge is 0.442 e. The van der Waals surface area contributed by atoms with Crippen molar-refractivity contribution in [3.8, 4) is 0 Å². The molecule has 8 fully saturated rings. The summed E-state index contributed by atoms with van der Waals surface area (Å²) in [5.41, 5.74) is -0.809. The molecule has 17 heteroatoms. The molecule has 8 aliphatic rings. The van der Waals surface area contributed by atoms with E-state index in [1.165, 1.54) is 9.80 Å². The lowest BCUT2D eigenvalue weighted by Crippen LogP contribution is -2.61. The van der Waals surface area contributed by atoms with E-state index in [1.807, 2.05) is 0 Å². The molecular weight excluding hydrogens is 560 g/mol. The van der Waals surface area contributed by atoms with Crippen LogP contribution in [0.5, 0.6) is 0 Å². The Morgan fingerprint density at radius 1 is 0.732 bits per heavy atom. The third-order valence-electron chi connectivity index (χ3n) is 10.5. The number of carbonyl (C=O) groups is 4. The standard InChI is InChI=1S/C24H34N8O8S/c33-19(27-13-7-25-8-13)15-5-23(1-2-23)17-11-29(15)21(35)31(17)39-41(37,38)40-32-18-12-30(22(32)36)16(6-24(18)3-4-24)20(34)28-14-9-26-10-14/h13-18,25-26H,1-12H2,(H,27,33)(H,28,34)/t15-,16-,17-,18-/m0/s1. The van der Waals surface area contributed by atoms with Crippen molar-refractivity contribution in [2.75, 3.05) is 39.3 Å². The van der Waals surface area contributed by atoms with Gasteiger partial charge in [-0.05, 0) is 49.4 Å². The smallest absolute Gasteiger partial charge is 0.349 e. The molecule has 4 atom stereocenters. The Morgan fingerprint density at radius 3 is 1.44 bits per heavy atom. The molecule has 41 heavy (non-hydrogen) atoms. The maximum absolute atomic E-state index is 13.4. The molecular formula is C24H34N8O8S. The van der Waals surface area contributed by atoms with Crippen LogP contribution in [-0.2, 0) is 28.6 Å². The highest BCUT2D eigenvalue weighted by Gasteiger charge is 2.67. The number of hydrogen-bond acceptors (Lipinski definition) is 10. The lowest BCUT2D eigenvalue weighted by molar-refractivity contribution is -0.128. The summed E-state index contributed by atoms with van der Waals surface area (Å²) < 4.78 is 37.1. The van der Waals surface area contributed by atoms with Gasteiger partial charge in [-0.2, -0.15) is 18.5 Å². The fourth-order valence-electron chi connectivity index (χ4n) is 7.48. The van der Waals surface area contributed by atoms with Gasteiger partial charge < -0.3 is 31.1 Å². The number of carbonyl (C=O) groups excluding carboxylic acids is 4. The minimum atomic E-state index is -4.90. The van der Waals surface area contributed by atoms with Crippen molar-refractivity contribution in [3.05, 3.63) is 0 Å². The van der Waals surface area contributed by atoms with Crippen molar-refractivity contribution in [2.24, 2.45) is 10.8 Å². The van der Waals surface area contributed by atoms with E-state index in [0.29, 0.717) is 39.0 Å². The lowest BCUT2D eigenvalue weighted by atomic mass is 9.85. The van der Waals surface area contributed by atoms with E-state index in [0.717, 1.165) is 35.8 Å². The SMILES string of the molecule is O=C(NC1CNC1)[C@@H]1CC2(CC2)[C@@H]2CN1C(=O)N2OS(=O)(=O)ON1C(=O)N2C[C@H]1C1(CC1)C[C@H]2C(=O)NC1CNC1. The second-order valence-electron chi connectivity index (χ2n) is 13.0. The first-order valence-corrected chi connectivity index (χ1v) is 15.8. The van der Waals surface area contributed by atoms with Gasteiger partial charge in [0.25, 0.3) is 0 Å². The van der Waals surface area contributed by atoms with Gasteiger partial charge in [0.1, 0.15) is 12.1 Å². The number of piperidine rings is 2. The third-order valence-corrected chi connectivity index (χ3v) is 11.2. The molecule has 0 aromatic carbocycles. The van der Waals surface area contributed by atoms with E-state index >= 15 is 0 Å². The Kier molecular flexibility index (Phi) is 5.47. The topological polar surface area (TPSA) is 182 Å². The molecule has 0 aromatic heterocycles. The van der Waals surface area contributed by atoms with Crippen LogP contribution in [-0.4, -0.2) is 128 Å². The highest BCUT2D eigenvalue weighted by atomic mass is 32.3. The summed E-state index contributed by atoms with van der Waals surface area (Å²) >= 11 is 0. The Labute approximate surface area is 236 Å². The summed E-state index contributed by atoms with van der Waals surface area (Å²) in [5, 5.41) is 13.7. The molecule has 0 radical (unpaired) electrons. The lowest BCUT2D eigenvalue weighted by Gasteiger charge is -2.37. The molecule has 2 saturated carbocycles. The van der Waals surface area contributed by atoms with Crippen molar-refractivity contribution in [1.29, 1.82) is 0 Å². The highest BCUT2D eigenvalue weighted by Crippen LogP contribution is 2.60. The van der Waals surface area contributed by atoms with Crippen LogP contribution in [0.25, 0.3) is 0 Å². The fourth-order valence-corrected chi connectivity index (χ4v) is 8.24. The molecule has 224 valence electrons. The minimum absolute atomic E-state index is 0.0120. The number of hydroxylamine groups is 4. The van der Waals surface area contributed by atoms with Gasteiger partial charge in [-0.25, -0.2) is 9.59 Å². The first-order valence-electron chi connectivity index (χ1n) is 14.4. The number of amides is 6. The van der Waals surface area contributed by atoms with Gasteiger partial charge in [-0.15, -0.1) is 8.57 Å². The molecule has 0 unspecified atom stereocenters. The van der Waals surface area contributed by atoms with Crippen molar-refractivity contribution < 1.29 is 36.2 Å². The molecule has 6 amide bonds. The number of hydrogen-bond donors (Lipinski definition) is 4. The predicted molar refractivity (Wildman–Crippen MR) is 136 cm³/mol. The van der Waals surface area contributed by atoms with Gasteiger partial charge >= 0.3 is 22.5 Å². The number of rotatable bonds is 8. The Bertz CT molecular complexity index is 1220. The average Bonchev–Trinajstić information content (AvgIpc) is 3.80. The Hall–Kier alpha value is -2.73. The van der Waals surface area contributed by atoms with Gasteiger partial charge in [0, 0.05) is 39.3 Å². The van der Waals surface area contributed by atoms with Gasteiger partial charge in [-0.3, -0.25) is 9.59 Å². The van der Waals surface area contributed by atoms with Gasteiger partial charge in [0.15, 0.2) is 0 Å². The molecule has 4 N–H and O–H groups in total. The molecule has 4 bridgehead atoms. The van der Waals surface area contributed by atoms with Crippen molar-refractivity contribution in [1.82, 2.24) is 41.2 Å². The highest BCUT2D eigenvalue weighted by molar-refractivity contribution is 7.81. The fraction of sp³-hybridized carbons (Fsp3) is 0.833. The van der Waals surface area contributed by atoms with E-state index in [-0.39, 0.29) is 37.0 Å². The molecule has 6 heterocycles. The summed E-state index contributed by atoms with van der Waals surface area (Å²) in [7, 11) is -4.90. The maximum atomic E-state index is 13.4. The molecule has 2 spiro atoms. The van der Waals surface area contributed by atoms with Crippen LogP contribution < -0.4 is 21.3 Å². The second kappa shape index (κ2) is 8.65. The summed E-state index contributed by atoms with van der Waals surface area (Å²) in [6.07, 6.45) is 3.86. The summed E-state index contributed by atoms with van der Waals surface area (Å²) in [6.45, 7) is 3.02. The van der Waals surface area contributed by atoms with Crippen molar-refractivity contribution in [2.45, 2.75) is 74.8 Å². The maximum Gasteiger partial charge on any atom is 0.442 e. The molecule has 8 rings (SSSR count). The van der Waals surface area contributed by atoms with Crippen LogP contribution in [0.2, 0.25) is 0 Å². The van der Waals surface area contributed by atoms with E-state index in [2.05, 4.69) is 21.3 Å². The summed E-state index contributed by atoms with van der Waals surface area (Å²) in [5.74, 6) is -0.497. The first kappa shape index (κ1) is 25.9. The zero-order valence-corrected chi connectivity index (χ0v) is 23.2. The molecule has 0 aromatic rings. The first-order chi connectivity index (χ1) is 19.6. The zero-order chi connectivity index (χ0) is 28.3. The predicted octanol–water partition coefficient (Wildman–Crippen LogP) is -2.41. The second-order valence-corrected chi connectivity index (χ2v) is 14.1. The number of urea groups is 2. The van der Waals surface area contributed by atoms with E-state index in [1.54, 1.807) is 0 Å². The van der Waals surface area contributed by atoms with Crippen molar-refractivity contribution >= 4 is 34.3 Å². The van der Waals surface area contributed by atoms with E-state index in [9.17, 15) is 27.6 Å². The minimum Gasteiger partial charge on any atom is -0.349 e. The van der Waals surface area contributed by atoms with Gasteiger partial charge in [0.2, 0.25) is 11.8 Å². The zero-order valence-electron chi connectivity index (χ0n) is 22.4. The van der Waals surface area contributed by atoms with Gasteiger partial charge in [-0.1, -0.05) is 0 Å². The monoisotopic (exact) mass is 594 g/mol. The number of nitrogens with zero attached hydrogens (tertiary/aromatic N) is 4. The van der Waals surface area contributed by atoms with Crippen LogP contribution in [0.4, 0.5) is 9.59 Å². The molecule has 2 aliphatic carbocycles. The number of nitrogens with one attached hydrogen (secondary N) is 4. The average molecular weight is 595 g/mol. The van der Waals surface area contributed by atoms with Crippen LogP contribution in [0.1, 0.15) is 38.5 Å². The third kappa shape index (κ3) is 4.03. The van der Waals surface area contributed by atoms with Crippen LogP contribution >= 0.6 is 0 Å². The van der Waals surface area contributed by atoms with Crippen molar-refractivity contribution in [3.63, 3.8) is 0 Å². The molecule has 16 nitrogen and oxygen atoms in total. The van der Waals surface area contributed by atoms with Crippen LogP contribution in [0.3, 0.4) is 0 Å². The molecule has 6 saturated heterocycles. The normalized spacial score (nSPS) is 34.6. The quantitative estimate of drug-likeness (QED) is 0.236. The summed E-state index contributed by atoms with van der Waals surface area (Å²) in [6, 6.07) is -3.92. The van der Waals surface area contributed by atoms with Gasteiger partial charge in [0.05, 0.1) is 24.2 Å². The summed E-state index contributed by atoms with van der Waals surface area (Å²) in [4.78, 5) is 55.5. The van der Waals surface area contributed by atoms with Crippen LogP contribution in [0, 0.1) is 10.8 Å². The number of fused-ring (bicyclic) bond motifs is 6. The van der Waals surface area contributed by atoms with E-state index in [4.69, 9.17) is 8.57 Å². The Morgan fingerprint density at radius 2 is 1.12 bits per heavy atom. The van der Waals surface area contributed by atoms with E-state index < -0.39 is 57.5 Å². The molecule has 6 aliphatic heterocycles.